The minimum absolute atomic E-state index is 0.00248. The van der Waals surface area contributed by atoms with Crippen molar-refractivity contribution < 1.29 is 9.90 Å². The third-order valence-corrected chi connectivity index (χ3v) is 3.29. The molecule has 1 N–H and O–H groups in total. The molecular weight excluding hydrogens is 252 g/mol. The van der Waals surface area contributed by atoms with Crippen LogP contribution in [0.4, 0.5) is 0 Å². The number of carbonyl (C=O) groups excluding carboxylic acids is 1. The van der Waals surface area contributed by atoms with E-state index in [-0.39, 0.29) is 11.9 Å². The second-order valence-electron chi connectivity index (χ2n) is 5.89. The average Bonchev–Trinajstić information content (AvgIpc) is 2.37. The summed E-state index contributed by atoms with van der Waals surface area (Å²) in [5, 5.41) is 9.88. The minimum Gasteiger partial charge on any atom is -0.389 e. The first-order chi connectivity index (χ1) is 9.26. The Morgan fingerprint density at radius 2 is 1.80 bits per heavy atom. The van der Waals surface area contributed by atoms with Crippen molar-refractivity contribution in [1.82, 2.24) is 9.80 Å². The molecule has 1 atom stereocenters. The molecule has 0 aromatic heterocycles. The Balaban J connectivity index is 2.97. The molecule has 4 heteroatoms. The molecule has 4 nitrogen and oxygen atoms in total. The van der Waals surface area contributed by atoms with E-state index in [2.05, 4.69) is 0 Å². The summed E-state index contributed by atoms with van der Waals surface area (Å²) in [6, 6.07) is 9.44. The molecule has 0 aliphatic heterocycles. The average molecular weight is 278 g/mol. The number of benzene rings is 1. The van der Waals surface area contributed by atoms with Gasteiger partial charge in [0.15, 0.2) is 0 Å². The fourth-order valence-electron chi connectivity index (χ4n) is 2.27. The molecule has 112 valence electrons. The molecule has 0 heterocycles. The normalized spacial score (nSPS) is 13.3. The van der Waals surface area contributed by atoms with E-state index in [4.69, 9.17) is 0 Å². The van der Waals surface area contributed by atoms with Crippen LogP contribution in [0.3, 0.4) is 0 Å². The lowest BCUT2D eigenvalue weighted by Crippen LogP contribution is -2.45. The van der Waals surface area contributed by atoms with Gasteiger partial charge >= 0.3 is 0 Å². The maximum Gasteiger partial charge on any atom is 0.244 e. The van der Waals surface area contributed by atoms with Gasteiger partial charge in [0.25, 0.3) is 0 Å². The van der Waals surface area contributed by atoms with Gasteiger partial charge in [-0.1, -0.05) is 37.3 Å². The van der Waals surface area contributed by atoms with Crippen molar-refractivity contribution in [2.75, 3.05) is 27.2 Å². The van der Waals surface area contributed by atoms with Crippen LogP contribution < -0.4 is 0 Å². The Kier molecular flexibility index (Phi) is 5.72. The highest BCUT2D eigenvalue weighted by molar-refractivity contribution is 5.83. The maximum atomic E-state index is 12.7. The van der Waals surface area contributed by atoms with Gasteiger partial charge in [-0.05, 0) is 33.0 Å². The lowest BCUT2D eigenvalue weighted by atomic mass is 10.0. The zero-order valence-electron chi connectivity index (χ0n) is 13.1. The summed E-state index contributed by atoms with van der Waals surface area (Å²) in [4.78, 5) is 16.3. The van der Waals surface area contributed by atoms with Crippen LogP contribution in [-0.4, -0.2) is 53.6 Å². The standard InChI is InChI=1S/C16H26N2O2/c1-6-17(4)14(13-10-8-7-9-11-13)15(19)18(5)12-16(2,3)20/h7-11,14,20H,6,12H2,1-5H3. The Morgan fingerprint density at radius 3 is 2.25 bits per heavy atom. The molecule has 1 aromatic carbocycles. The molecule has 0 aliphatic carbocycles. The van der Waals surface area contributed by atoms with Gasteiger partial charge in [-0.3, -0.25) is 9.69 Å². The predicted molar refractivity (Wildman–Crippen MR) is 81.4 cm³/mol. The first-order valence-corrected chi connectivity index (χ1v) is 6.99. The summed E-state index contributed by atoms with van der Waals surface area (Å²) in [5.41, 5.74) is 0.0839. The van der Waals surface area contributed by atoms with E-state index in [9.17, 15) is 9.90 Å². The van der Waals surface area contributed by atoms with Gasteiger partial charge in [0.05, 0.1) is 5.60 Å². The number of carbonyl (C=O) groups is 1. The lowest BCUT2D eigenvalue weighted by molar-refractivity contribution is -0.138. The number of amides is 1. The van der Waals surface area contributed by atoms with E-state index in [0.29, 0.717) is 6.54 Å². The lowest BCUT2D eigenvalue weighted by Gasteiger charge is -2.33. The van der Waals surface area contributed by atoms with Crippen LogP contribution in [0.15, 0.2) is 30.3 Å². The van der Waals surface area contributed by atoms with Crippen LogP contribution in [0.2, 0.25) is 0 Å². The highest BCUT2D eigenvalue weighted by Crippen LogP contribution is 2.22. The highest BCUT2D eigenvalue weighted by Gasteiger charge is 2.29. The van der Waals surface area contributed by atoms with Gasteiger partial charge in [-0.15, -0.1) is 0 Å². The molecule has 1 aromatic rings. The third kappa shape index (κ3) is 4.62. The summed E-state index contributed by atoms with van der Waals surface area (Å²) in [6.07, 6.45) is 0. The fourth-order valence-corrected chi connectivity index (χ4v) is 2.27. The second kappa shape index (κ2) is 6.86. The highest BCUT2D eigenvalue weighted by atomic mass is 16.3. The van der Waals surface area contributed by atoms with Crippen molar-refractivity contribution in [1.29, 1.82) is 0 Å². The molecular formula is C16H26N2O2. The smallest absolute Gasteiger partial charge is 0.244 e. The predicted octanol–water partition coefficient (Wildman–Crippen LogP) is 1.91. The minimum atomic E-state index is -0.892. The Labute approximate surface area is 122 Å². The SMILES string of the molecule is CCN(C)C(C(=O)N(C)CC(C)(C)O)c1ccccc1. The molecule has 0 fully saturated rings. The molecule has 1 rings (SSSR count). The Hall–Kier alpha value is -1.39. The molecule has 0 aliphatic rings. The summed E-state index contributed by atoms with van der Waals surface area (Å²) < 4.78 is 0. The van der Waals surface area contributed by atoms with Crippen LogP contribution in [-0.2, 0) is 4.79 Å². The van der Waals surface area contributed by atoms with E-state index in [0.717, 1.165) is 12.1 Å². The molecule has 20 heavy (non-hydrogen) atoms. The van der Waals surface area contributed by atoms with E-state index in [1.807, 2.05) is 49.2 Å². The van der Waals surface area contributed by atoms with Crippen molar-refractivity contribution in [3.63, 3.8) is 0 Å². The topological polar surface area (TPSA) is 43.8 Å². The van der Waals surface area contributed by atoms with Crippen LogP contribution in [0, 0.1) is 0 Å². The molecule has 1 unspecified atom stereocenters. The van der Waals surface area contributed by atoms with Gasteiger partial charge in [0.1, 0.15) is 6.04 Å². The van der Waals surface area contributed by atoms with Crippen molar-refractivity contribution >= 4 is 5.91 Å². The third-order valence-electron chi connectivity index (χ3n) is 3.29. The first kappa shape index (κ1) is 16.7. The van der Waals surface area contributed by atoms with Crippen molar-refractivity contribution in [2.24, 2.45) is 0 Å². The van der Waals surface area contributed by atoms with Crippen LogP contribution in [0.5, 0.6) is 0 Å². The van der Waals surface area contributed by atoms with Gasteiger partial charge in [-0.2, -0.15) is 0 Å². The summed E-state index contributed by atoms with van der Waals surface area (Å²) in [7, 11) is 3.67. The number of hydrogen-bond donors (Lipinski definition) is 1. The van der Waals surface area contributed by atoms with Crippen LogP contribution >= 0.6 is 0 Å². The summed E-state index contributed by atoms with van der Waals surface area (Å²) >= 11 is 0. The summed E-state index contributed by atoms with van der Waals surface area (Å²) in [6.45, 7) is 6.53. The van der Waals surface area contributed by atoms with Gasteiger partial charge < -0.3 is 10.0 Å². The van der Waals surface area contributed by atoms with E-state index < -0.39 is 5.60 Å². The molecule has 0 bridgehead atoms. The fraction of sp³-hybridized carbons (Fsp3) is 0.562. The molecule has 0 saturated heterocycles. The van der Waals surface area contributed by atoms with Crippen molar-refractivity contribution in [3.05, 3.63) is 35.9 Å². The van der Waals surface area contributed by atoms with Crippen molar-refractivity contribution in [2.45, 2.75) is 32.4 Å². The Morgan fingerprint density at radius 1 is 1.25 bits per heavy atom. The zero-order valence-corrected chi connectivity index (χ0v) is 13.1. The van der Waals surface area contributed by atoms with Crippen molar-refractivity contribution in [3.8, 4) is 0 Å². The van der Waals surface area contributed by atoms with Crippen LogP contribution in [0.25, 0.3) is 0 Å². The number of aliphatic hydroxyl groups is 1. The molecule has 0 radical (unpaired) electrons. The number of rotatable bonds is 6. The first-order valence-electron chi connectivity index (χ1n) is 6.99. The number of nitrogens with zero attached hydrogens (tertiary/aromatic N) is 2. The van der Waals surface area contributed by atoms with E-state index in [1.54, 1.807) is 25.8 Å². The van der Waals surface area contributed by atoms with E-state index >= 15 is 0 Å². The molecule has 0 saturated carbocycles. The Bertz CT molecular complexity index is 426. The molecule has 1 amide bonds. The molecule has 0 spiro atoms. The van der Waals surface area contributed by atoms with Gasteiger partial charge in [-0.25, -0.2) is 0 Å². The number of likely N-dealkylation sites (N-methyl/N-ethyl adjacent to an activating group) is 2. The monoisotopic (exact) mass is 278 g/mol. The maximum absolute atomic E-state index is 12.7. The number of hydrogen-bond acceptors (Lipinski definition) is 3. The van der Waals surface area contributed by atoms with Gasteiger partial charge in [0.2, 0.25) is 5.91 Å². The van der Waals surface area contributed by atoms with Gasteiger partial charge in [0, 0.05) is 13.6 Å². The largest absolute Gasteiger partial charge is 0.389 e. The van der Waals surface area contributed by atoms with E-state index in [1.165, 1.54) is 0 Å². The second-order valence-corrected chi connectivity index (χ2v) is 5.89. The summed E-state index contributed by atoms with van der Waals surface area (Å²) in [5.74, 6) is 0.00248. The zero-order chi connectivity index (χ0) is 15.3. The quantitative estimate of drug-likeness (QED) is 0.864. The van der Waals surface area contributed by atoms with Crippen LogP contribution in [0.1, 0.15) is 32.4 Å².